The smallest absolute Gasteiger partial charge is 0.116 e. The Morgan fingerprint density at radius 2 is 1.95 bits per heavy atom. The minimum atomic E-state index is 0.0214. The van der Waals surface area contributed by atoms with Crippen LogP contribution >= 0.6 is 27.3 Å². The van der Waals surface area contributed by atoms with Gasteiger partial charge in [-0.15, -0.1) is 11.3 Å². The van der Waals surface area contributed by atoms with Crippen LogP contribution in [0, 0.1) is 0 Å². The summed E-state index contributed by atoms with van der Waals surface area (Å²) in [7, 11) is 0. The quantitative estimate of drug-likeness (QED) is 0.619. The van der Waals surface area contributed by atoms with E-state index in [0.29, 0.717) is 6.61 Å². The lowest BCUT2D eigenvalue weighted by Crippen LogP contribution is -2.08. The predicted octanol–water partition coefficient (Wildman–Crippen LogP) is 4.78. The Kier molecular flexibility index (Phi) is 4.45. The third kappa shape index (κ3) is 3.45. The van der Waals surface area contributed by atoms with Crippen molar-refractivity contribution >= 4 is 37.5 Å². The second-order valence-electron chi connectivity index (χ2n) is 4.57. The Labute approximate surface area is 130 Å². The highest BCUT2D eigenvalue weighted by molar-refractivity contribution is 9.09. The van der Waals surface area contributed by atoms with Gasteiger partial charge in [-0.05, 0) is 23.3 Å². The van der Waals surface area contributed by atoms with Crippen LogP contribution in [0.1, 0.15) is 11.1 Å². The molecule has 4 heteroatoms. The van der Waals surface area contributed by atoms with Crippen molar-refractivity contribution < 1.29 is 4.74 Å². The van der Waals surface area contributed by atoms with Gasteiger partial charge in [-0.1, -0.05) is 52.3 Å². The molecule has 0 spiro atoms. The summed E-state index contributed by atoms with van der Waals surface area (Å²) in [5.41, 5.74) is 5.40. The first kappa shape index (κ1) is 13.7. The molecule has 3 rings (SSSR count). The number of hydrogen-bond acceptors (Lipinski definition) is 3. The van der Waals surface area contributed by atoms with Gasteiger partial charge in [-0.25, -0.2) is 4.98 Å². The van der Waals surface area contributed by atoms with E-state index in [0.717, 1.165) is 11.9 Å². The Hall–Kier alpha value is -1.23. The van der Waals surface area contributed by atoms with Crippen molar-refractivity contribution in [1.29, 1.82) is 0 Å². The fourth-order valence-corrected chi connectivity index (χ4v) is 3.28. The molecule has 102 valence electrons. The lowest BCUT2D eigenvalue weighted by Gasteiger charge is -2.11. The van der Waals surface area contributed by atoms with E-state index in [2.05, 4.69) is 51.2 Å². The average molecular weight is 348 g/mol. The first-order chi connectivity index (χ1) is 9.81. The van der Waals surface area contributed by atoms with E-state index in [9.17, 15) is 0 Å². The average Bonchev–Trinajstić information content (AvgIpc) is 2.94. The summed E-state index contributed by atoms with van der Waals surface area (Å²) in [4.78, 5) is 4.29. The summed E-state index contributed by atoms with van der Waals surface area (Å²) in [5, 5.41) is 0.0214. The fraction of sp³-hybridized carbons (Fsp3) is 0.188. The first-order valence-corrected chi connectivity index (χ1v) is 8.22. The van der Waals surface area contributed by atoms with Crippen LogP contribution in [0.25, 0.3) is 10.2 Å². The number of aromatic nitrogens is 1. The van der Waals surface area contributed by atoms with Gasteiger partial charge in [0.25, 0.3) is 0 Å². The largest absolute Gasteiger partial charge is 0.362 e. The Morgan fingerprint density at radius 3 is 2.80 bits per heavy atom. The molecule has 0 N–H and O–H groups in total. The molecule has 0 saturated heterocycles. The molecule has 0 amide bonds. The van der Waals surface area contributed by atoms with E-state index >= 15 is 0 Å². The van der Waals surface area contributed by atoms with Crippen molar-refractivity contribution in [3.05, 3.63) is 65.2 Å². The standard InChI is InChI=1S/C16H14BrNOS/c17-16(19-10-12-4-2-1-3-5-12)9-13-6-7-14-15(8-13)20-11-18-14/h1-8,11,16H,9-10H2. The van der Waals surface area contributed by atoms with Gasteiger partial charge in [-0.2, -0.15) is 0 Å². The van der Waals surface area contributed by atoms with E-state index in [4.69, 9.17) is 4.74 Å². The van der Waals surface area contributed by atoms with Gasteiger partial charge in [0.2, 0.25) is 0 Å². The summed E-state index contributed by atoms with van der Waals surface area (Å²) >= 11 is 5.26. The van der Waals surface area contributed by atoms with Crippen molar-refractivity contribution in [2.45, 2.75) is 18.0 Å². The van der Waals surface area contributed by atoms with Gasteiger partial charge in [0.05, 0.1) is 22.3 Å². The SMILES string of the molecule is BrC(Cc1ccc2ncsc2c1)OCc1ccccc1. The number of thiazole rings is 1. The third-order valence-corrected chi connectivity index (χ3v) is 4.45. The molecule has 2 nitrogen and oxygen atoms in total. The summed E-state index contributed by atoms with van der Waals surface area (Å²) < 4.78 is 7.06. The van der Waals surface area contributed by atoms with E-state index in [1.165, 1.54) is 15.8 Å². The maximum atomic E-state index is 5.83. The number of hydrogen-bond donors (Lipinski definition) is 0. The molecule has 0 aliphatic heterocycles. The molecule has 1 aromatic heterocycles. The second kappa shape index (κ2) is 6.48. The highest BCUT2D eigenvalue weighted by Gasteiger charge is 2.07. The summed E-state index contributed by atoms with van der Waals surface area (Å²) in [6.45, 7) is 0.625. The maximum Gasteiger partial charge on any atom is 0.116 e. The van der Waals surface area contributed by atoms with Crippen LogP contribution < -0.4 is 0 Å². The van der Waals surface area contributed by atoms with E-state index in [-0.39, 0.29) is 5.01 Å². The van der Waals surface area contributed by atoms with Gasteiger partial charge in [0, 0.05) is 6.42 Å². The molecule has 0 aliphatic carbocycles. The molecule has 0 radical (unpaired) electrons. The number of ether oxygens (including phenoxy) is 1. The zero-order valence-corrected chi connectivity index (χ0v) is 13.2. The third-order valence-electron chi connectivity index (χ3n) is 3.07. The van der Waals surface area contributed by atoms with Crippen LogP contribution in [0.4, 0.5) is 0 Å². The molecule has 0 fully saturated rings. The molecule has 0 bridgehead atoms. The second-order valence-corrected chi connectivity index (χ2v) is 6.47. The van der Waals surface area contributed by atoms with Gasteiger partial charge in [0.15, 0.2) is 0 Å². The van der Waals surface area contributed by atoms with Gasteiger partial charge in [-0.3, -0.25) is 0 Å². The van der Waals surface area contributed by atoms with Crippen molar-refractivity contribution in [3.63, 3.8) is 0 Å². The zero-order valence-electron chi connectivity index (χ0n) is 10.8. The minimum absolute atomic E-state index is 0.0214. The predicted molar refractivity (Wildman–Crippen MR) is 87.3 cm³/mol. The van der Waals surface area contributed by atoms with Crippen LogP contribution in [-0.2, 0) is 17.8 Å². The number of benzene rings is 2. The number of alkyl halides is 1. The summed E-state index contributed by atoms with van der Waals surface area (Å²) in [5.74, 6) is 0. The lowest BCUT2D eigenvalue weighted by molar-refractivity contribution is 0.104. The molecule has 1 atom stereocenters. The zero-order chi connectivity index (χ0) is 13.8. The number of halogens is 1. The molecule has 1 heterocycles. The van der Waals surface area contributed by atoms with Crippen molar-refractivity contribution in [1.82, 2.24) is 4.98 Å². The number of fused-ring (bicyclic) bond motifs is 1. The molecule has 0 saturated carbocycles. The minimum Gasteiger partial charge on any atom is -0.362 e. The monoisotopic (exact) mass is 347 g/mol. The molecule has 0 aliphatic rings. The molecular weight excluding hydrogens is 334 g/mol. The lowest BCUT2D eigenvalue weighted by atomic mass is 10.1. The first-order valence-electron chi connectivity index (χ1n) is 6.43. The topological polar surface area (TPSA) is 22.1 Å². The Balaban J connectivity index is 1.59. The van der Waals surface area contributed by atoms with E-state index in [1.54, 1.807) is 11.3 Å². The Morgan fingerprint density at radius 1 is 1.10 bits per heavy atom. The number of nitrogens with zero attached hydrogens (tertiary/aromatic N) is 1. The van der Waals surface area contributed by atoms with Crippen molar-refractivity contribution in [2.75, 3.05) is 0 Å². The highest BCUT2D eigenvalue weighted by Crippen LogP contribution is 2.21. The van der Waals surface area contributed by atoms with Crippen LogP contribution in [0.3, 0.4) is 0 Å². The van der Waals surface area contributed by atoms with Crippen LogP contribution in [0.5, 0.6) is 0 Å². The van der Waals surface area contributed by atoms with Crippen LogP contribution in [-0.4, -0.2) is 10.00 Å². The van der Waals surface area contributed by atoms with Gasteiger partial charge in [0.1, 0.15) is 5.01 Å². The van der Waals surface area contributed by atoms with Crippen molar-refractivity contribution in [2.24, 2.45) is 0 Å². The molecule has 3 aromatic rings. The van der Waals surface area contributed by atoms with Gasteiger partial charge < -0.3 is 4.74 Å². The summed E-state index contributed by atoms with van der Waals surface area (Å²) in [6.07, 6.45) is 0.848. The molecular formula is C16H14BrNOS. The van der Waals surface area contributed by atoms with E-state index in [1.807, 2.05) is 23.7 Å². The highest BCUT2D eigenvalue weighted by atomic mass is 79.9. The molecule has 1 unspecified atom stereocenters. The maximum absolute atomic E-state index is 5.83. The Bertz CT molecular complexity index is 683. The van der Waals surface area contributed by atoms with E-state index < -0.39 is 0 Å². The summed E-state index contributed by atoms with van der Waals surface area (Å²) in [6, 6.07) is 16.6. The van der Waals surface area contributed by atoms with Crippen LogP contribution in [0.2, 0.25) is 0 Å². The number of rotatable bonds is 5. The normalized spacial score (nSPS) is 12.7. The van der Waals surface area contributed by atoms with Crippen LogP contribution in [0.15, 0.2) is 54.0 Å². The fourth-order valence-electron chi connectivity index (χ4n) is 2.03. The molecule has 20 heavy (non-hydrogen) atoms. The van der Waals surface area contributed by atoms with Crippen molar-refractivity contribution in [3.8, 4) is 0 Å². The molecule has 2 aromatic carbocycles. The van der Waals surface area contributed by atoms with Gasteiger partial charge >= 0.3 is 0 Å².